The molecule has 2 heterocycles. The van der Waals surface area contributed by atoms with Crippen LogP contribution in [0.25, 0.3) is 6.08 Å². The van der Waals surface area contributed by atoms with Gasteiger partial charge in [-0.05, 0) is 30.4 Å². The molecule has 0 unspecified atom stereocenters. The predicted molar refractivity (Wildman–Crippen MR) is 76.1 cm³/mol. The molecular weight excluding hydrogens is 264 g/mol. The Morgan fingerprint density at radius 3 is 3.06 bits per heavy atom. The number of rotatable bonds is 4. The molecule has 92 valence electrons. The van der Waals surface area contributed by atoms with E-state index in [0.29, 0.717) is 11.0 Å². The highest BCUT2D eigenvalue weighted by atomic mass is 32.1. The number of anilines is 1. The predicted octanol–water partition coefficient (Wildman–Crippen LogP) is 3.73. The van der Waals surface area contributed by atoms with E-state index in [9.17, 15) is 4.79 Å². The van der Waals surface area contributed by atoms with E-state index in [0.717, 1.165) is 10.6 Å². The van der Waals surface area contributed by atoms with Crippen LogP contribution in [0, 0.1) is 0 Å². The Kier molecular flexibility index (Phi) is 3.25. The lowest BCUT2D eigenvalue weighted by molar-refractivity contribution is -0.111. The minimum atomic E-state index is -0.125. The Labute approximate surface area is 113 Å². The number of thiazole rings is 1. The van der Waals surface area contributed by atoms with Crippen molar-refractivity contribution in [1.82, 2.24) is 4.98 Å². The average molecular weight is 276 g/mol. The van der Waals surface area contributed by atoms with Crippen LogP contribution in [0.5, 0.6) is 0 Å². The van der Waals surface area contributed by atoms with Crippen molar-refractivity contribution in [2.45, 2.75) is 18.8 Å². The summed E-state index contributed by atoms with van der Waals surface area (Å²) in [4.78, 5) is 17.2. The van der Waals surface area contributed by atoms with Crippen molar-refractivity contribution >= 4 is 39.8 Å². The maximum Gasteiger partial charge on any atom is 0.250 e. The minimum Gasteiger partial charge on any atom is -0.298 e. The summed E-state index contributed by atoms with van der Waals surface area (Å²) in [5.41, 5.74) is 1.12. The molecule has 3 rings (SSSR count). The molecule has 0 saturated heterocycles. The van der Waals surface area contributed by atoms with E-state index < -0.39 is 0 Å². The zero-order valence-corrected chi connectivity index (χ0v) is 11.3. The summed E-state index contributed by atoms with van der Waals surface area (Å²) in [5, 5.41) is 7.51. The van der Waals surface area contributed by atoms with Crippen LogP contribution < -0.4 is 5.32 Å². The van der Waals surface area contributed by atoms with E-state index in [2.05, 4.69) is 10.3 Å². The molecule has 3 nitrogen and oxygen atoms in total. The average Bonchev–Trinajstić information content (AvgIpc) is 2.90. The number of aromatic nitrogens is 1. The topological polar surface area (TPSA) is 42.0 Å². The number of nitrogens with one attached hydrogen (secondary N) is 1. The first-order valence-corrected chi connectivity index (χ1v) is 7.55. The van der Waals surface area contributed by atoms with Crippen LogP contribution in [-0.4, -0.2) is 10.9 Å². The number of amides is 1. The lowest BCUT2D eigenvalue weighted by atomic mass is 10.3. The SMILES string of the molecule is O=C(/C=C/c1cccs1)Nc1nc(C2CC2)cs1. The fourth-order valence-corrected chi connectivity index (χ4v) is 3.01. The third-order valence-corrected chi connectivity index (χ3v) is 4.30. The van der Waals surface area contributed by atoms with Crippen molar-refractivity contribution in [3.05, 3.63) is 39.5 Å². The van der Waals surface area contributed by atoms with Gasteiger partial charge >= 0.3 is 0 Å². The van der Waals surface area contributed by atoms with Crippen LogP contribution in [0.1, 0.15) is 29.3 Å². The number of thiophene rings is 1. The number of hydrogen-bond donors (Lipinski definition) is 1. The number of hydrogen-bond acceptors (Lipinski definition) is 4. The summed E-state index contributed by atoms with van der Waals surface area (Å²) in [6, 6.07) is 3.94. The van der Waals surface area contributed by atoms with Gasteiger partial charge in [0.1, 0.15) is 0 Å². The first-order valence-electron chi connectivity index (χ1n) is 5.79. The largest absolute Gasteiger partial charge is 0.298 e. The first kappa shape index (κ1) is 11.6. The number of nitrogens with zero attached hydrogens (tertiary/aromatic N) is 1. The maximum atomic E-state index is 11.7. The van der Waals surface area contributed by atoms with E-state index in [1.54, 1.807) is 17.4 Å². The molecular formula is C13H12N2OS2. The molecule has 1 saturated carbocycles. The van der Waals surface area contributed by atoms with E-state index in [1.807, 2.05) is 29.0 Å². The van der Waals surface area contributed by atoms with E-state index >= 15 is 0 Å². The fraction of sp³-hybridized carbons (Fsp3) is 0.231. The summed E-state index contributed by atoms with van der Waals surface area (Å²) < 4.78 is 0. The highest BCUT2D eigenvalue weighted by molar-refractivity contribution is 7.14. The summed E-state index contributed by atoms with van der Waals surface area (Å²) in [5.74, 6) is 0.508. The Morgan fingerprint density at radius 2 is 2.33 bits per heavy atom. The van der Waals surface area contributed by atoms with Crippen LogP contribution in [0.15, 0.2) is 29.0 Å². The van der Waals surface area contributed by atoms with Gasteiger partial charge in [-0.3, -0.25) is 10.1 Å². The van der Waals surface area contributed by atoms with Crippen LogP contribution in [0.2, 0.25) is 0 Å². The Hall–Kier alpha value is -1.46. The van der Waals surface area contributed by atoms with Gasteiger partial charge in [-0.25, -0.2) is 4.98 Å². The summed E-state index contributed by atoms with van der Waals surface area (Å²) in [6.07, 6.45) is 5.82. The van der Waals surface area contributed by atoms with Crippen molar-refractivity contribution < 1.29 is 4.79 Å². The molecule has 0 atom stereocenters. The molecule has 5 heteroatoms. The Bertz CT molecular complexity index is 568. The van der Waals surface area contributed by atoms with Gasteiger partial charge in [0.05, 0.1) is 5.69 Å². The van der Waals surface area contributed by atoms with E-state index in [4.69, 9.17) is 0 Å². The van der Waals surface area contributed by atoms with Crippen LogP contribution in [0.4, 0.5) is 5.13 Å². The first-order chi connectivity index (χ1) is 8.81. The minimum absolute atomic E-state index is 0.125. The molecule has 1 N–H and O–H groups in total. The van der Waals surface area contributed by atoms with Crippen molar-refractivity contribution in [3.8, 4) is 0 Å². The molecule has 2 aromatic heterocycles. The monoisotopic (exact) mass is 276 g/mol. The third kappa shape index (κ3) is 2.86. The molecule has 0 aromatic carbocycles. The number of carbonyl (C=O) groups excluding carboxylic acids is 1. The molecule has 1 aliphatic rings. The van der Waals surface area contributed by atoms with Gasteiger partial charge in [-0.2, -0.15) is 0 Å². The van der Waals surface area contributed by atoms with E-state index in [-0.39, 0.29) is 5.91 Å². The highest BCUT2D eigenvalue weighted by Gasteiger charge is 2.26. The Morgan fingerprint density at radius 1 is 1.44 bits per heavy atom. The van der Waals surface area contributed by atoms with Gasteiger partial charge in [0.25, 0.3) is 0 Å². The van der Waals surface area contributed by atoms with Gasteiger partial charge < -0.3 is 0 Å². The van der Waals surface area contributed by atoms with Gasteiger partial charge in [-0.15, -0.1) is 22.7 Å². The third-order valence-electron chi connectivity index (χ3n) is 2.69. The molecule has 1 aliphatic carbocycles. The van der Waals surface area contributed by atoms with Crippen LogP contribution in [-0.2, 0) is 4.79 Å². The number of carbonyl (C=O) groups is 1. The molecule has 0 aliphatic heterocycles. The zero-order chi connectivity index (χ0) is 12.4. The highest BCUT2D eigenvalue weighted by Crippen LogP contribution is 2.40. The lowest BCUT2D eigenvalue weighted by Gasteiger charge is -1.95. The van der Waals surface area contributed by atoms with Crippen molar-refractivity contribution in [3.63, 3.8) is 0 Å². The molecule has 1 fully saturated rings. The van der Waals surface area contributed by atoms with Crippen molar-refractivity contribution in [2.24, 2.45) is 0 Å². The second-order valence-electron chi connectivity index (χ2n) is 4.19. The smallest absolute Gasteiger partial charge is 0.250 e. The normalized spacial score (nSPS) is 15.1. The molecule has 18 heavy (non-hydrogen) atoms. The van der Waals surface area contributed by atoms with Gasteiger partial charge in [-0.1, -0.05) is 6.07 Å². The van der Waals surface area contributed by atoms with E-state index in [1.165, 1.54) is 24.2 Å². The fourth-order valence-electron chi connectivity index (χ4n) is 1.60. The van der Waals surface area contributed by atoms with Crippen molar-refractivity contribution in [1.29, 1.82) is 0 Å². The standard InChI is InChI=1S/C13H12N2OS2/c16-12(6-5-10-2-1-7-17-10)15-13-14-11(8-18-13)9-3-4-9/h1-2,5-9H,3-4H2,(H,14,15,16)/b6-5+. The Balaban J connectivity index is 1.59. The summed E-state index contributed by atoms with van der Waals surface area (Å²) in [7, 11) is 0. The van der Waals surface area contributed by atoms with Crippen LogP contribution in [0.3, 0.4) is 0 Å². The molecule has 0 bridgehead atoms. The van der Waals surface area contributed by atoms with Crippen LogP contribution >= 0.6 is 22.7 Å². The van der Waals surface area contributed by atoms with Crippen molar-refractivity contribution in [2.75, 3.05) is 5.32 Å². The molecule has 1 amide bonds. The van der Waals surface area contributed by atoms with Gasteiger partial charge in [0.2, 0.25) is 5.91 Å². The molecule has 0 radical (unpaired) electrons. The second kappa shape index (κ2) is 5.04. The quantitative estimate of drug-likeness (QED) is 0.864. The second-order valence-corrected chi connectivity index (χ2v) is 6.03. The zero-order valence-electron chi connectivity index (χ0n) is 9.63. The molecule has 2 aromatic rings. The lowest BCUT2D eigenvalue weighted by Crippen LogP contribution is -2.07. The summed E-state index contributed by atoms with van der Waals surface area (Å²) >= 11 is 3.10. The summed E-state index contributed by atoms with van der Waals surface area (Å²) in [6.45, 7) is 0. The van der Waals surface area contributed by atoms with Gasteiger partial charge in [0.15, 0.2) is 5.13 Å². The maximum absolute atomic E-state index is 11.7. The molecule has 0 spiro atoms. The van der Waals surface area contributed by atoms with Gasteiger partial charge in [0, 0.05) is 22.3 Å².